The van der Waals surface area contributed by atoms with E-state index in [4.69, 9.17) is 4.98 Å². The molecule has 5 heterocycles. The van der Waals surface area contributed by atoms with Gasteiger partial charge in [0, 0.05) is 37.6 Å². The third-order valence-electron chi connectivity index (χ3n) is 7.71. The van der Waals surface area contributed by atoms with E-state index in [0.29, 0.717) is 23.6 Å². The van der Waals surface area contributed by atoms with Gasteiger partial charge in [0.1, 0.15) is 11.4 Å². The fourth-order valence-corrected chi connectivity index (χ4v) is 5.73. The van der Waals surface area contributed by atoms with Crippen LogP contribution in [0.4, 0.5) is 20.3 Å². The van der Waals surface area contributed by atoms with Crippen molar-refractivity contribution in [2.75, 3.05) is 23.3 Å². The number of anilines is 2. The van der Waals surface area contributed by atoms with E-state index >= 15 is 0 Å². The van der Waals surface area contributed by atoms with E-state index in [0.717, 1.165) is 57.4 Å². The van der Waals surface area contributed by atoms with Gasteiger partial charge >= 0.3 is 0 Å². The third-order valence-corrected chi connectivity index (χ3v) is 7.71. The van der Waals surface area contributed by atoms with Gasteiger partial charge in [-0.15, -0.1) is 0 Å². The Kier molecular flexibility index (Phi) is 5.66. The van der Waals surface area contributed by atoms with E-state index < -0.39 is 18.0 Å². The molecule has 2 N–H and O–H groups in total. The Morgan fingerprint density at radius 1 is 1.14 bits per heavy atom. The molecule has 3 aliphatic rings. The number of rotatable bonds is 5. The number of piperazine rings is 1. The summed E-state index contributed by atoms with van der Waals surface area (Å²) in [6, 6.07) is 2.88. The van der Waals surface area contributed by atoms with Crippen LogP contribution in [0.1, 0.15) is 74.0 Å². The molecule has 0 spiro atoms. The minimum absolute atomic E-state index is 0.0396. The van der Waals surface area contributed by atoms with E-state index in [9.17, 15) is 13.6 Å². The minimum atomic E-state index is -2.79. The van der Waals surface area contributed by atoms with E-state index in [1.165, 1.54) is 10.7 Å². The molecule has 2 bridgehead atoms. The van der Waals surface area contributed by atoms with Crippen molar-refractivity contribution in [1.29, 1.82) is 0 Å². The number of aromatic nitrogens is 5. The number of halogens is 2. The van der Waals surface area contributed by atoms with Gasteiger partial charge in [-0.2, -0.15) is 10.2 Å². The van der Waals surface area contributed by atoms with Crippen LogP contribution in [0.5, 0.6) is 0 Å². The van der Waals surface area contributed by atoms with Crippen LogP contribution in [-0.2, 0) is 0 Å². The quantitative estimate of drug-likeness (QED) is 0.572. The van der Waals surface area contributed by atoms with Crippen molar-refractivity contribution in [3.05, 3.63) is 35.9 Å². The summed E-state index contributed by atoms with van der Waals surface area (Å²) in [5, 5.41) is 14.7. The average Bonchev–Trinajstić information content (AvgIpc) is 3.55. The van der Waals surface area contributed by atoms with Gasteiger partial charge in [0.25, 0.3) is 12.3 Å². The number of alkyl halides is 2. The normalized spacial score (nSPS) is 26.6. The molecule has 1 aliphatic carbocycles. The van der Waals surface area contributed by atoms with Crippen LogP contribution in [0.2, 0.25) is 0 Å². The SMILES string of the molecule is CC1CCC(n2cc(NC(=O)c3cnn4ccc(N5CC6CCC(C5)N6)nc34)c(C(F)F)n2)CC1. The Hall–Kier alpha value is -3.08. The third kappa shape index (κ3) is 4.26. The molecule has 2 unspecified atom stereocenters. The molecule has 2 saturated heterocycles. The Morgan fingerprint density at radius 3 is 2.60 bits per heavy atom. The Morgan fingerprint density at radius 2 is 1.89 bits per heavy atom. The van der Waals surface area contributed by atoms with Crippen molar-refractivity contribution in [3.8, 4) is 0 Å². The number of amides is 1. The second-order valence-electron chi connectivity index (χ2n) is 10.2. The van der Waals surface area contributed by atoms with Crippen LogP contribution in [0.15, 0.2) is 24.7 Å². The zero-order valence-corrected chi connectivity index (χ0v) is 19.7. The predicted octanol–water partition coefficient (Wildman–Crippen LogP) is 3.81. The second kappa shape index (κ2) is 8.85. The lowest BCUT2D eigenvalue weighted by molar-refractivity contribution is 0.102. The summed E-state index contributed by atoms with van der Waals surface area (Å²) < 4.78 is 30.7. The molecule has 186 valence electrons. The summed E-state index contributed by atoms with van der Waals surface area (Å²) in [4.78, 5) is 20.1. The lowest BCUT2D eigenvalue weighted by Crippen LogP contribution is -2.51. The predicted molar refractivity (Wildman–Crippen MR) is 127 cm³/mol. The Balaban J connectivity index is 1.25. The van der Waals surface area contributed by atoms with Gasteiger partial charge < -0.3 is 15.5 Å². The molecule has 35 heavy (non-hydrogen) atoms. The first-order valence-corrected chi connectivity index (χ1v) is 12.5. The summed E-state index contributed by atoms with van der Waals surface area (Å²) in [5.74, 6) is 0.904. The Labute approximate surface area is 201 Å². The molecule has 11 heteroatoms. The maximum absolute atomic E-state index is 13.8. The zero-order chi connectivity index (χ0) is 24.1. The zero-order valence-electron chi connectivity index (χ0n) is 19.7. The van der Waals surface area contributed by atoms with Gasteiger partial charge in [-0.25, -0.2) is 18.3 Å². The van der Waals surface area contributed by atoms with E-state index in [1.807, 2.05) is 6.07 Å². The van der Waals surface area contributed by atoms with Crippen molar-refractivity contribution >= 4 is 23.1 Å². The van der Waals surface area contributed by atoms with Crippen molar-refractivity contribution in [3.63, 3.8) is 0 Å². The van der Waals surface area contributed by atoms with E-state index in [-0.39, 0.29) is 17.3 Å². The average molecular weight is 485 g/mol. The highest BCUT2D eigenvalue weighted by atomic mass is 19.3. The number of nitrogens with one attached hydrogen (secondary N) is 2. The van der Waals surface area contributed by atoms with Crippen LogP contribution in [0, 0.1) is 5.92 Å². The van der Waals surface area contributed by atoms with Gasteiger partial charge in [0.2, 0.25) is 0 Å². The van der Waals surface area contributed by atoms with Gasteiger partial charge in [0.05, 0.1) is 17.9 Å². The monoisotopic (exact) mass is 484 g/mol. The molecule has 1 amide bonds. The van der Waals surface area contributed by atoms with Crippen molar-refractivity contribution in [2.45, 2.75) is 70.0 Å². The molecule has 9 nitrogen and oxygen atoms in total. The van der Waals surface area contributed by atoms with Crippen LogP contribution in [0.3, 0.4) is 0 Å². The van der Waals surface area contributed by atoms with Crippen LogP contribution >= 0.6 is 0 Å². The number of carbonyl (C=O) groups is 1. The van der Waals surface area contributed by atoms with Crippen molar-refractivity contribution in [2.24, 2.45) is 5.92 Å². The van der Waals surface area contributed by atoms with Gasteiger partial charge in [0.15, 0.2) is 11.3 Å². The molecular formula is C24H30F2N8O. The van der Waals surface area contributed by atoms with Gasteiger partial charge in [-0.3, -0.25) is 9.48 Å². The minimum Gasteiger partial charge on any atom is -0.353 e. The molecular weight excluding hydrogens is 454 g/mol. The van der Waals surface area contributed by atoms with E-state index in [1.54, 1.807) is 17.1 Å². The number of hydrogen-bond donors (Lipinski definition) is 2. The first-order valence-electron chi connectivity index (χ1n) is 12.5. The molecule has 3 aromatic heterocycles. The maximum Gasteiger partial charge on any atom is 0.284 e. The summed E-state index contributed by atoms with van der Waals surface area (Å²) in [5.41, 5.74) is 0.277. The summed E-state index contributed by atoms with van der Waals surface area (Å²) in [6.07, 6.45) is 8.16. The molecule has 0 aromatic carbocycles. The molecule has 2 aliphatic heterocycles. The lowest BCUT2D eigenvalue weighted by atomic mass is 9.87. The topological polar surface area (TPSA) is 92.4 Å². The first-order chi connectivity index (χ1) is 16.9. The smallest absolute Gasteiger partial charge is 0.284 e. The summed E-state index contributed by atoms with van der Waals surface area (Å²) >= 11 is 0. The second-order valence-corrected chi connectivity index (χ2v) is 10.2. The van der Waals surface area contributed by atoms with Crippen LogP contribution in [0.25, 0.3) is 5.65 Å². The molecule has 3 aromatic rings. The van der Waals surface area contributed by atoms with Crippen molar-refractivity contribution < 1.29 is 13.6 Å². The maximum atomic E-state index is 13.8. The highest BCUT2D eigenvalue weighted by Gasteiger charge is 2.33. The van der Waals surface area contributed by atoms with Gasteiger partial charge in [-0.05, 0) is 50.5 Å². The molecule has 6 rings (SSSR count). The fraction of sp³-hybridized carbons (Fsp3) is 0.583. The van der Waals surface area contributed by atoms with Crippen LogP contribution < -0.4 is 15.5 Å². The standard InChI is InChI=1S/C24H30F2N8O/c1-14-2-6-17(7-3-14)34-13-19(21(31-34)22(25)26)29-24(35)18-10-27-33-9-8-20(30-23(18)33)32-11-15-4-5-16(12-32)28-15/h8-10,13-17,22,28H,2-7,11-12H2,1H3,(H,29,35). The largest absolute Gasteiger partial charge is 0.353 e. The molecule has 3 fully saturated rings. The highest BCUT2D eigenvalue weighted by Crippen LogP contribution is 2.34. The van der Waals surface area contributed by atoms with Crippen molar-refractivity contribution in [1.82, 2.24) is 29.7 Å². The highest BCUT2D eigenvalue weighted by molar-refractivity contribution is 6.08. The molecule has 2 atom stereocenters. The lowest BCUT2D eigenvalue weighted by Gasteiger charge is -2.33. The number of hydrogen-bond acceptors (Lipinski definition) is 6. The molecule has 0 radical (unpaired) electrons. The summed E-state index contributed by atoms with van der Waals surface area (Å²) in [6.45, 7) is 3.94. The molecule has 1 saturated carbocycles. The Bertz CT molecular complexity index is 1220. The first kappa shape index (κ1) is 22.4. The van der Waals surface area contributed by atoms with Gasteiger partial charge in [-0.1, -0.05) is 6.92 Å². The number of carbonyl (C=O) groups excluding carboxylic acids is 1. The van der Waals surface area contributed by atoms with E-state index in [2.05, 4.69) is 32.7 Å². The number of nitrogens with zero attached hydrogens (tertiary/aromatic N) is 6. The fourth-order valence-electron chi connectivity index (χ4n) is 5.73. The summed E-state index contributed by atoms with van der Waals surface area (Å²) in [7, 11) is 0. The number of fused-ring (bicyclic) bond motifs is 3. The van der Waals surface area contributed by atoms with Crippen LogP contribution in [-0.4, -0.2) is 55.5 Å².